The number of β-lactam (4-membered cyclic amide) rings is 1. The fourth-order valence-corrected chi connectivity index (χ4v) is 6.98. The molecule has 0 spiro atoms. The van der Waals surface area contributed by atoms with Crippen molar-refractivity contribution in [2.24, 2.45) is 5.16 Å². The van der Waals surface area contributed by atoms with E-state index in [0.29, 0.717) is 17.7 Å². The lowest BCUT2D eigenvalue weighted by Gasteiger charge is -2.49. The van der Waals surface area contributed by atoms with Gasteiger partial charge in [0.1, 0.15) is 41.5 Å². The molecule has 5 heterocycles. The maximum Gasteiger partial charge on any atom is 0.352 e. The summed E-state index contributed by atoms with van der Waals surface area (Å²) in [5, 5.41) is 18.0. The zero-order chi connectivity index (χ0) is 28.6. The molecular formula is C25H29N8O5S2+. The predicted molar refractivity (Wildman–Crippen MR) is 149 cm³/mol. The zero-order valence-corrected chi connectivity index (χ0v) is 23.7. The van der Waals surface area contributed by atoms with Gasteiger partial charge in [-0.2, -0.15) is 0 Å². The number of thioether (sulfide) groups is 1. The molecule has 0 saturated carbocycles. The average molecular weight is 586 g/mol. The summed E-state index contributed by atoms with van der Waals surface area (Å²) < 4.78 is 1.99. The van der Waals surface area contributed by atoms with Gasteiger partial charge in [0.25, 0.3) is 11.8 Å². The molecule has 3 aromatic rings. The minimum atomic E-state index is -1.19. The van der Waals surface area contributed by atoms with Crippen LogP contribution in [0, 0.1) is 0 Å². The molecule has 2 aliphatic heterocycles. The standard InChI is InChI=1S/C25H28N8O5S2/c1-4-7-15(32-9-6-8-13-20(32)29-16(5-2)27-13)12-10-39-23-18(22(35)33(23)19(12)24(36)37)30-21(34)17(31-38-3)14-11-40-25(26)28-14/h6,8-9,11,15,18,23H,4-5,7,10H2,1-3H3,(H4,26,28,30,34,36,37)/p+1/t15?,18?,23-/m0/s1. The summed E-state index contributed by atoms with van der Waals surface area (Å²) >= 11 is 2.54. The van der Waals surface area contributed by atoms with Crippen molar-refractivity contribution < 1.29 is 28.9 Å². The third-order valence-corrected chi connectivity index (χ3v) is 8.78. The quantitative estimate of drug-likeness (QED) is 0.119. The van der Waals surface area contributed by atoms with Crippen LogP contribution in [0.4, 0.5) is 5.13 Å². The number of anilines is 1. The van der Waals surface area contributed by atoms with Crippen molar-refractivity contribution in [3.8, 4) is 0 Å². The number of pyridine rings is 1. The average Bonchev–Trinajstić information content (AvgIpc) is 3.58. The number of aromatic nitrogens is 4. The number of rotatable bonds is 10. The number of nitrogens with two attached hydrogens (primary N) is 1. The molecule has 1 fully saturated rings. The first kappa shape index (κ1) is 27.6. The zero-order valence-electron chi connectivity index (χ0n) is 22.1. The summed E-state index contributed by atoms with van der Waals surface area (Å²) in [5.41, 5.74) is 7.95. The van der Waals surface area contributed by atoms with E-state index < -0.39 is 29.2 Å². The Kier molecular flexibility index (Phi) is 7.76. The van der Waals surface area contributed by atoms with Gasteiger partial charge in [0.2, 0.25) is 5.82 Å². The Balaban J connectivity index is 1.46. The number of aryl methyl sites for hydroxylation is 1. The Morgan fingerprint density at radius 2 is 2.20 bits per heavy atom. The molecular weight excluding hydrogens is 556 g/mol. The molecule has 5 rings (SSSR count). The number of carboxylic acid groups (broad SMARTS) is 1. The number of oxime groups is 1. The molecule has 2 unspecified atom stereocenters. The fourth-order valence-electron chi connectivity index (χ4n) is 5.02. The van der Waals surface area contributed by atoms with Gasteiger partial charge in [0.15, 0.2) is 10.8 Å². The van der Waals surface area contributed by atoms with Gasteiger partial charge in [0.05, 0.1) is 6.20 Å². The van der Waals surface area contributed by atoms with Crippen molar-refractivity contribution in [3.05, 3.63) is 46.5 Å². The van der Waals surface area contributed by atoms with E-state index in [1.165, 1.54) is 23.8 Å². The number of aliphatic carboxylic acids is 1. The molecule has 15 heteroatoms. The third-order valence-electron chi connectivity index (χ3n) is 6.80. The second-order valence-corrected chi connectivity index (χ2v) is 11.2. The van der Waals surface area contributed by atoms with Crippen LogP contribution >= 0.6 is 23.1 Å². The largest absolute Gasteiger partial charge is 0.477 e. The molecule has 13 nitrogen and oxygen atoms in total. The van der Waals surface area contributed by atoms with Crippen molar-refractivity contribution >= 4 is 62.9 Å². The second-order valence-electron chi connectivity index (χ2n) is 9.23. The van der Waals surface area contributed by atoms with Gasteiger partial charge in [-0.1, -0.05) is 25.4 Å². The lowest BCUT2D eigenvalue weighted by atomic mass is 9.96. The third kappa shape index (κ3) is 4.79. The van der Waals surface area contributed by atoms with Gasteiger partial charge in [-0.05, 0) is 23.5 Å². The van der Waals surface area contributed by atoms with Crippen LogP contribution in [0.5, 0.6) is 0 Å². The molecule has 2 aliphatic rings. The number of H-pyrrole nitrogens is 1. The van der Waals surface area contributed by atoms with E-state index in [0.717, 1.165) is 41.2 Å². The first-order valence-electron chi connectivity index (χ1n) is 12.7. The highest BCUT2D eigenvalue weighted by Crippen LogP contribution is 2.43. The minimum absolute atomic E-state index is 0.0495. The summed E-state index contributed by atoms with van der Waals surface area (Å²) in [7, 11) is 1.29. The highest BCUT2D eigenvalue weighted by molar-refractivity contribution is 8.00. The highest BCUT2D eigenvalue weighted by atomic mass is 32.2. The number of carbonyl (C=O) groups excluding carboxylic acids is 2. The maximum atomic E-state index is 13.4. The number of carbonyl (C=O) groups is 3. The van der Waals surface area contributed by atoms with Gasteiger partial charge in [-0.25, -0.2) is 14.3 Å². The SMILES string of the molecule is CCCC(C1=C(C(=O)O)N2C(=O)C(NC(=O)C(=NOC)c3csc(N)n3)[C@@H]2SC1)[n+]1cccc2[nH]c(CC)nc21. The number of nitrogen functional groups attached to an aromatic ring is 1. The van der Waals surface area contributed by atoms with Crippen LogP contribution in [0.15, 0.2) is 40.1 Å². The number of aromatic amines is 1. The van der Waals surface area contributed by atoms with Gasteiger partial charge in [-0.15, -0.1) is 23.1 Å². The number of amides is 2. The molecule has 5 N–H and O–H groups in total. The van der Waals surface area contributed by atoms with Crippen LogP contribution in [0.25, 0.3) is 11.2 Å². The van der Waals surface area contributed by atoms with E-state index in [1.807, 2.05) is 36.7 Å². The van der Waals surface area contributed by atoms with Crippen LogP contribution in [0.1, 0.15) is 44.2 Å². The summed E-state index contributed by atoms with van der Waals surface area (Å²) in [6, 6.07) is 2.58. The van der Waals surface area contributed by atoms with Crippen molar-refractivity contribution in [2.45, 2.75) is 50.6 Å². The van der Waals surface area contributed by atoms with E-state index in [1.54, 1.807) is 5.38 Å². The van der Waals surface area contributed by atoms with Crippen LogP contribution in [0.3, 0.4) is 0 Å². The first-order chi connectivity index (χ1) is 19.3. The Morgan fingerprint density at radius 3 is 2.85 bits per heavy atom. The number of hydrogen-bond donors (Lipinski definition) is 4. The number of imidazole rings is 1. The van der Waals surface area contributed by atoms with Crippen LogP contribution in [0.2, 0.25) is 0 Å². The number of hydrogen-bond acceptors (Lipinski definition) is 10. The van der Waals surface area contributed by atoms with E-state index in [2.05, 4.69) is 20.4 Å². The molecule has 1 saturated heterocycles. The molecule has 3 aromatic heterocycles. The van der Waals surface area contributed by atoms with Crippen molar-refractivity contribution in [2.75, 3.05) is 18.6 Å². The smallest absolute Gasteiger partial charge is 0.352 e. The first-order valence-corrected chi connectivity index (χ1v) is 14.6. The number of carboxylic acids is 1. The van der Waals surface area contributed by atoms with Gasteiger partial charge >= 0.3 is 11.6 Å². The maximum absolute atomic E-state index is 13.4. The van der Waals surface area contributed by atoms with E-state index in [9.17, 15) is 19.5 Å². The fraction of sp³-hybridized carbons (Fsp3) is 0.400. The van der Waals surface area contributed by atoms with Gasteiger partial charge in [0, 0.05) is 23.1 Å². The normalized spacial score (nSPS) is 19.8. The number of nitrogens with zero attached hydrogens (tertiary/aromatic N) is 5. The Morgan fingerprint density at radius 1 is 1.40 bits per heavy atom. The molecule has 0 aromatic carbocycles. The molecule has 210 valence electrons. The molecule has 0 bridgehead atoms. The lowest BCUT2D eigenvalue weighted by molar-refractivity contribution is -0.692. The lowest BCUT2D eigenvalue weighted by Crippen LogP contribution is -2.71. The van der Waals surface area contributed by atoms with Crippen LogP contribution in [-0.4, -0.2) is 72.7 Å². The molecule has 0 aliphatic carbocycles. The molecule has 3 atom stereocenters. The highest BCUT2D eigenvalue weighted by Gasteiger charge is 2.55. The minimum Gasteiger partial charge on any atom is -0.477 e. The van der Waals surface area contributed by atoms with E-state index in [-0.39, 0.29) is 28.3 Å². The van der Waals surface area contributed by atoms with Crippen LogP contribution < -0.4 is 15.6 Å². The monoisotopic (exact) mass is 585 g/mol. The van der Waals surface area contributed by atoms with E-state index in [4.69, 9.17) is 15.6 Å². The number of nitrogens with one attached hydrogen (secondary N) is 2. The predicted octanol–water partition coefficient (Wildman–Crippen LogP) is 1.58. The summed E-state index contributed by atoms with van der Waals surface area (Å²) in [6.45, 7) is 4.04. The van der Waals surface area contributed by atoms with Crippen LogP contribution in [-0.2, 0) is 25.6 Å². The van der Waals surface area contributed by atoms with E-state index >= 15 is 0 Å². The van der Waals surface area contributed by atoms with Crippen molar-refractivity contribution in [3.63, 3.8) is 0 Å². The summed E-state index contributed by atoms with van der Waals surface area (Å²) in [5.74, 6) is -1.18. The Bertz CT molecular complexity index is 1550. The van der Waals surface area contributed by atoms with Crippen molar-refractivity contribution in [1.29, 1.82) is 0 Å². The molecule has 2 amide bonds. The summed E-state index contributed by atoms with van der Waals surface area (Å²) in [4.78, 5) is 57.2. The number of thiazole rings is 1. The Labute approximate surface area is 237 Å². The summed E-state index contributed by atoms with van der Waals surface area (Å²) in [6.07, 6.45) is 4.08. The molecule has 0 radical (unpaired) electrons. The second kappa shape index (κ2) is 11.3. The topological polar surface area (TPSA) is 180 Å². The number of fused-ring (bicyclic) bond motifs is 2. The Hall–Kier alpha value is -3.98. The van der Waals surface area contributed by atoms with Gasteiger partial charge < -0.3 is 26.0 Å². The van der Waals surface area contributed by atoms with Gasteiger partial charge in [-0.3, -0.25) is 14.5 Å². The van der Waals surface area contributed by atoms with Crippen molar-refractivity contribution in [1.82, 2.24) is 25.2 Å². The molecule has 40 heavy (non-hydrogen) atoms.